The standard InChI is InChI=1S/C14H22O3/c1-17-13(16)12(15)8-14-5-9-2-10(6-14)4-11(3-9)7-14/h9-12,15H,2-8H2,1H3. The summed E-state index contributed by atoms with van der Waals surface area (Å²) in [5.41, 5.74) is 0.252. The van der Waals surface area contributed by atoms with Crippen LogP contribution in [0.1, 0.15) is 44.9 Å². The number of esters is 1. The van der Waals surface area contributed by atoms with Gasteiger partial charge in [0.1, 0.15) is 0 Å². The Bertz CT molecular complexity index is 288. The minimum Gasteiger partial charge on any atom is -0.467 e. The molecule has 17 heavy (non-hydrogen) atoms. The maximum atomic E-state index is 11.4. The average molecular weight is 238 g/mol. The van der Waals surface area contributed by atoms with Crippen molar-refractivity contribution in [1.29, 1.82) is 0 Å². The molecule has 4 fully saturated rings. The van der Waals surface area contributed by atoms with Crippen LogP contribution in [0.5, 0.6) is 0 Å². The Hall–Kier alpha value is -0.570. The number of ether oxygens (including phenoxy) is 1. The van der Waals surface area contributed by atoms with Gasteiger partial charge in [-0.2, -0.15) is 0 Å². The van der Waals surface area contributed by atoms with Gasteiger partial charge in [0.05, 0.1) is 7.11 Å². The maximum absolute atomic E-state index is 11.4. The van der Waals surface area contributed by atoms with E-state index >= 15 is 0 Å². The number of carbonyl (C=O) groups excluding carboxylic acids is 1. The first-order valence-electron chi connectivity index (χ1n) is 6.86. The van der Waals surface area contributed by atoms with E-state index in [1.54, 1.807) is 0 Å². The first kappa shape index (κ1) is 11.5. The lowest BCUT2D eigenvalue weighted by atomic mass is 9.48. The van der Waals surface area contributed by atoms with Crippen LogP contribution in [0, 0.1) is 23.2 Å². The Balaban J connectivity index is 1.72. The number of hydrogen-bond acceptors (Lipinski definition) is 3. The van der Waals surface area contributed by atoms with E-state index in [1.807, 2.05) is 0 Å². The number of aliphatic hydroxyl groups is 1. The zero-order chi connectivity index (χ0) is 12.0. The molecule has 0 saturated heterocycles. The van der Waals surface area contributed by atoms with E-state index in [0.717, 1.165) is 17.8 Å². The summed E-state index contributed by atoms with van der Waals surface area (Å²) in [6.07, 6.45) is 7.60. The van der Waals surface area contributed by atoms with E-state index in [2.05, 4.69) is 4.74 Å². The van der Waals surface area contributed by atoms with Crippen LogP contribution < -0.4 is 0 Å². The minimum absolute atomic E-state index is 0.252. The molecule has 4 bridgehead atoms. The third kappa shape index (κ3) is 1.99. The van der Waals surface area contributed by atoms with Crippen molar-refractivity contribution in [3.63, 3.8) is 0 Å². The van der Waals surface area contributed by atoms with Gasteiger partial charge in [-0.15, -0.1) is 0 Å². The summed E-state index contributed by atoms with van der Waals surface area (Å²) in [5.74, 6) is 2.14. The molecule has 4 aliphatic rings. The van der Waals surface area contributed by atoms with Gasteiger partial charge in [-0.3, -0.25) is 0 Å². The molecule has 4 rings (SSSR count). The van der Waals surface area contributed by atoms with Crippen molar-refractivity contribution >= 4 is 5.97 Å². The summed E-state index contributed by atoms with van der Waals surface area (Å²) in [5, 5.41) is 9.90. The van der Waals surface area contributed by atoms with Gasteiger partial charge in [0, 0.05) is 0 Å². The SMILES string of the molecule is COC(=O)C(O)CC12CC3CC(CC(C3)C1)C2. The molecule has 0 amide bonds. The van der Waals surface area contributed by atoms with Crippen LogP contribution in [0.15, 0.2) is 0 Å². The Labute approximate surface area is 103 Å². The third-order valence-corrected chi connectivity index (χ3v) is 5.26. The van der Waals surface area contributed by atoms with Crippen molar-refractivity contribution in [1.82, 2.24) is 0 Å². The van der Waals surface area contributed by atoms with Crippen LogP contribution in [0.4, 0.5) is 0 Å². The fourth-order valence-corrected chi connectivity index (χ4v) is 5.17. The van der Waals surface area contributed by atoms with E-state index in [1.165, 1.54) is 45.6 Å². The predicted octanol–water partition coefficient (Wildman–Crippen LogP) is 2.13. The Morgan fingerprint density at radius 3 is 2.12 bits per heavy atom. The van der Waals surface area contributed by atoms with Gasteiger partial charge in [0.2, 0.25) is 0 Å². The molecule has 1 N–H and O–H groups in total. The highest BCUT2D eigenvalue weighted by molar-refractivity contribution is 5.74. The number of methoxy groups -OCH3 is 1. The summed E-state index contributed by atoms with van der Waals surface area (Å²) in [7, 11) is 1.35. The topological polar surface area (TPSA) is 46.5 Å². The molecule has 0 aromatic rings. The molecule has 1 atom stereocenters. The molecule has 0 spiro atoms. The molecule has 3 heteroatoms. The van der Waals surface area contributed by atoms with Crippen LogP contribution in [-0.4, -0.2) is 24.3 Å². The summed E-state index contributed by atoms with van der Waals surface area (Å²) in [4.78, 5) is 11.4. The van der Waals surface area contributed by atoms with E-state index in [-0.39, 0.29) is 5.41 Å². The van der Waals surface area contributed by atoms with Gasteiger partial charge >= 0.3 is 5.97 Å². The fourth-order valence-electron chi connectivity index (χ4n) is 5.17. The van der Waals surface area contributed by atoms with Gasteiger partial charge in [-0.25, -0.2) is 4.79 Å². The molecule has 3 nitrogen and oxygen atoms in total. The zero-order valence-electron chi connectivity index (χ0n) is 10.5. The Kier molecular flexibility index (Phi) is 2.69. The van der Waals surface area contributed by atoms with Gasteiger partial charge in [0.15, 0.2) is 6.10 Å². The number of aliphatic hydroxyl groups excluding tert-OH is 1. The lowest BCUT2D eigenvalue weighted by Crippen LogP contribution is -2.48. The van der Waals surface area contributed by atoms with Crippen molar-refractivity contribution in [2.24, 2.45) is 23.2 Å². The van der Waals surface area contributed by atoms with Crippen LogP contribution in [0.25, 0.3) is 0 Å². The van der Waals surface area contributed by atoms with Crippen molar-refractivity contribution < 1.29 is 14.6 Å². The second-order valence-electron chi connectivity index (χ2n) is 6.66. The molecule has 0 heterocycles. The van der Waals surface area contributed by atoms with E-state index in [0.29, 0.717) is 6.42 Å². The highest BCUT2D eigenvalue weighted by Gasteiger charge is 2.51. The lowest BCUT2D eigenvalue weighted by Gasteiger charge is -2.57. The number of hydrogen-bond donors (Lipinski definition) is 1. The highest BCUT2D eigenvalue weighted by Crippen LogP contribution is 2.61. The van der Waals surface area contributed by atoms with Crippen molar-refractivity contribution in [2.45, 2.75) is 51.0 Å². The Morgan fingerprint density at radius 1 is 1.24 bits per heavy atom. The van der Waals surface area contributed by atoms with Crippen molar-refractivity contribution in [2.75, 3.05) is 7.11 Å². The fraction of sp³-hybridized carbons (Fsp3) is 0.929. The second-order valence-corrected chi connectivity index (χ2v) is 6.66. The van der Waals surface area contributed by atoms with Gasteiger partial charge in [0.25, 0.3) is 0 Å². The monoisotopic (exact) mass is 238 g/mol. The molecular formula is C14H22O3. The van der Waals surface area contributed by atoms with Crippen LogP contribution >= 0.6 is 0 Å². The average Bonchev–Trinajstić information content (AvgIpc) is 2.25. The first-order valence-corrected chi connectivity index (χ1v) is 6.86. The summed E-state index contributed by atoms with van der Waals surface area (Å²) >= 11 is 0. The van der Waals surface area contributed by atoms with Crippen LogP contribution in [-0.2, 0) is 9.53 Å². The molecule has 0 aromatic heterocycles. The molecule has 0 aliphatic heterocycles. The summed E-state index contributed by atoms with van der Waals surface area (Å²) < 4.78 is 4.64. The first-order chi connectivity index (χ1) is 8.10. The molecule has 96 valence electrons. The molecule has 1 unspecified atom stereocenters. The molecular weight excluding hydrogens is 216 g/mol. The van der Waals surface area contributed by atoms with Crippen molar-refractivity contribution in [3.8, 4) is 0 Å². The quantitative estimate of drug-likeness (QED) is 0.766. The highest BCUT2D eigenvalue weighted by atomic mass is 16.5. The maximum Gasteiger partial charge on any atom is 0.334 e. The van der Waals surface area contributed by atoms with Crippen LogP contribution in [0.2, 0.25) is 0 Å². The number of rotatable bonds is 3. The predicted molar refractivity (Wildman–Crippen MR) is 63.2 cm³/mol. The molecule has 0 aromatic carbocycles. The van der Waals surface area contributed by atoms with E-state index < -0.39 is 12.1 Å². The van der Waals surface area contributed by atoms with E-state index in [9.17, 15) is 9.90 Å². The number of carbonyl (C=O) groups is 1. The third-order valence-electron chi connectivity index (χ3n) is 5.26. The molecule has 4 aliphatic carbocycles. The minimum atomic E-state index is -0.906. The zero-order valence-corrected chi connectivity index (χ0v) is 10.5. The van der Waals surface area contributed by atoms with Gasteiger partial charge < -0.3 is 9.84 Å². The second kappa shape index (κ2) is 3.98. The van der Waals surface area contributed by atoms with Crippen LogP contribution in [0.3, 0.4) is 0 Å². The van der Waals surface area contributed by atoms with Crippen molar-refractivity contribution in [3.05, 3.63) is 0 Å². The van der Waals surface area contributed by atoms with Gasteiger partial charge in [-0.1, -0.05) is 0 Å². The molecule has 0 radical (unpaired) electrons. The summed E-state index contributed by atoms with van der Waals surface area (Å²) in [6.45, 7) is 0. The lowest BCUT2D eigenvalue weighted by molar-refractivity contribution is -0.155. The Morgan fingerprint density at radius 2 is 1.71 bits per heavy atom. The van der Waals surface area contributed by atoms with E-state index in [4.69, 9.17) is 0 Å². The smallest absolute Gasteiger partial charge is 0.334 e. The summed E-state index contributed by atoms with van der Waals surface area (Å²) in [6, 6.07) is 0. The normalized spacial score (nSPS) is 44.7. The molecule has 4 saturated carbocycles. The van der Waals surface area contributed by atoms with Gasteiger partial charge in [-0.05, 0) is 68.1 Å². The largest absolute Gasteiger partial charge is 0.467 e.